The maximum absolute atomic E-state index is 12.0. The Morgan fingerprint density at radius 3 is 2.96 bits per heavy atom. The number of carbonyl (C=O) groups is 1. The summed E-state index contributed by atoms with van der Waals surface area (Å²) in [7, 11) is 1.61. The van der Waals surface area contributed by atoms with Gasteiger partial charge in [0.25, 0.3) is 0 Å². The lowest BCUT2D eigenvalue weighted by Gasteiger charge is -2.23. The lowest BCUT2D eigenvalue weighted by Crippen LogP contribution is -2.22. The first kappa shape index (κ1) is 17.9. The SMILES string of the molecule is COC(C)CC(=O)Nc1cc(COC2CCCCO2)ccc1C. The fourth-order valence-corrected chi connectivity index (χ4v) is 2.47. The van der Waals surface area contributed by atoms with Gasteiger partial charge in [0.05, 0.1) is 19.1 Å². The zero-order chi connectivity index (χ0) is 16.7. The smallest absolute Gasteiger partial charge is 0.226 e. The molecule has 0 radical (unpaired) electrons. The Bertz CT molecular complexity index is 512. The molecule has 0 spiro atoms. The van der Waals surface area contributed by atoms with E-state index in [1.165, 1.54) is 0 Å². The van der Waals surface area contributed by atoms with E-state index in [1.54, 1.807) is 7.11 Å². The summed E-state index contributed by atoms with van der Waals surface area (Å²) in [4.78, 5) is 12.0. The standard InChI is InChI=1S/C18H27NO4/c1-13-7-8-15(12-23-18-6-4-5-9-22-18)11-16(13)19-17(20)10-14(2)21-3/h7-8,11,14,18H,4-6,9-10,12H2,1-3H3,(H,19,20). The van der Waals surface area contributed by atoms with E-state index in [9.17, 15) is 4.79 Å². The van der Waals surface area contributed by atoms with Gasteiger partial charge in [-0.1, -0.05) is 12.1 Å². The second kappa shape index (κ2) is 9.01. The van der Waals surface area contributed by atoms with E-state index in [4.69, 9.17) is 14.2 Å². The van der Waals surface area contributed by atoms with Crippen LogP contribution in [-0.4, -0.2) is 32.0 Å². The molecule has 1 N–H and O–H groups in total. The summed E-state index contributed by atoms with van der Waals surface area (Å²) in [6, 6.07) is 5.98. The van der Waals surface area contributed by atoms with Gasteiger partial charge in [-0.05, 0) is 50.3 Å². The van der Waals surface area contributed by atoms with Gasteiger partial charge >= 0.3 is 0 Å². The zero-order valence-electron chi connectivity index (χ0n) is 14.3. The Hall–Kier alpha value is -1.43. The summed E-state index contributed by atoms with van der Waals surface area (Å²) in [6.07, 6.45) is 3.35. The summed E-state index contributed by atoms with van der Waals surface area (Å²) in [5.74, 6) is -0.0452. The van der Waals surface area contributed by atoms with Gasteiger partial charge in [-0.15, -0.1) is 0 Å². The van der Waals surface area contributed by atoms with E-state index < -0.39 is 0 Å². The van der Waals surface area contributed by atoms with Crippen LogP contribution in [0.3, 0.4) is 0 Å². The van der Waals surface area contributed by atoms with Crippen LogP contribution in [0.2, 0.25) is 0 Å². The van der Waals surface area contributed by atoms with Crippen molar-refractivity contribution in [2.75, 3.05) is 19.0 Å². The highest BCUT2D eigenvalue weighted by molar-refractivity contribution is 5.91. The van der Waals surface area contributed by atoms with Gasteiger partial charge in [0.1, 0.15) is 0 Å². The summed E-state index contributed by atoms with van der Waals surface area (Å²) >= 11 is 0. The van der Waals surface area contributed by atoms with Crippen molar-refractivity contribution in [2.24, 2.45) is 0 Å². The van der Waals surface area contributed by atoms with E-state index >= 15 is 0 Å². The predicted molar refractivity (Wildman–Crippen MR) is 89.3 cm³/mol. The minimum absolute atomic E-state index is 0.0452. The first-order chi connectivity index (χ1) is 11.1. The molecule has 5 heteroatoms. The topological polar surface area (TPSA) is 56.8 Å². The molecule has 0 aromatic heterocycles. The van der Waals surface area contributed by atoms with E-state index in [0.29, 0.717) is 13.0 Å². The van der Waals surface area contributed by atoms with E-state index in [-0.39, 0.29) is 18.3 Å². The predicted octanol–water partition coefficient (Wildman–Crippen LogP) is 3.40. The van der Waals surface area contributed by atoms with Crippen molar-refractivity contribution in [3.63, 3.8) is 0 Å². The Morgan fingerprint density at radius 2 is 2.26 bits per heavy atom. The molecule has 1 saturated heterocycles. The van der Waals surface area contributed by atoms with Gasteiger partial charge in [0.15, 0.2) is 6.29 Å². The van der Waals surface area contributed by atoms with E-state index in [1.807, 2.05) is 32.0 Å². The molecule has 1 aliphatic heterocycles. The summed E-state index contributed by atoms with van der Waals surface area (Å²) in [5.41, 5.74) is 2.88. The number of hydrogen-bond donors (Lipinski definition) is 1. The molecule has 1 aliphatic rings. The van der Waals surface area contributed by atoms with Gasteiger partial charge < -0.3 is 19.5 Å². The van der Waals surface area contributed by atoms with Crippen molar-refractivity contribution in [3.05, 3.63) is 29.3 Å². The maximum Gasteiger partial charge on any atom is 0.226 e. The number of benzene rings is 1. The molecule has 0 aliphatic carbocycles. The summed E-state index contributed by atoms with van der Waals surface area (Å²) < 4.78 is 16.5. The molecule has 1 aromatic rings. The Labute approximate surface area is 138 Å². The van der Waals surface area contributed by atoms with Gasteiger partial charge in [-0.2, -0.15) is 0 Å². The van der Waals surface area contributed by atoms with Crippen LogP contribution in [0.15, 0.2) is 18.2 Å². The molecule has 1 amide bonds. The molecule has 2 rings (SSSR count). The van der Waals surface area contributed by atoms with Gasteiger partial charge in [0, 0.05) is 19.4 Å². The number of carbonyl (C=O) groups excluding carboxylic acids is 1. The number of rotatable bonds is 7. The summed E-state index contributed by atoms with van der Waals surface area (Å²) in [5, 5.41) is 2.95. The monoisotopic (exact) mass is 321 g/mol. The lowest BCUT2D eigenvalue weighted by molar-refractivity contribution is -0.168. The molecule has 0 bridgehead atoms. The Morgan fingerprint density at radius 1 is 1.43 bits per heavy atom. The van der Waals surface area contributed by atoms with Crippen LogP contribution in [0.25, 0.3) is 0 Å². The zero-order valence-corrected chi connectivity index (χ0v) is 14.3. The molecule has 2 unspecified atom stereocenters. The molecular formula is C18H27NO4. The van der Waals surface area contributed by atoms with Crippen molar-refractivity contribution in [1.82, 2.24) is 0 Å². The number of nitrogens with one attached hydrogen (secondary N) is 1. The van der Waals surface area contributed by atoms with Gasteiger partial charge in [-0.25, -0.2) is 0 Å². The summed E-state index contributed by atoms with van der Waals surface area (Å²) in [6.45, 7) is 5.12. The number of methoxy groups -OCH3 is 1. The highest BCUT2D eigenvalue weighted by Crippen LogP contribution is 2.20. The highest BCUT2D eigenvalue weighted by atomic mass is 16.7. The first-order valence-electron chi connectivity index (χ1n) is 8.24. The Kier molecular flexibility index (Phi) is 7.02. The molecule has 128 valence electrons. The molecule has 1 fully saturated rings. The average molecular weight is 321 g/mol. The van der Waals surface area contributed by atoms with Crippen molar-refractivity contribution in [3.8, 4) is 0 Å². The van der Waals surface area contributed by atoms with Crippen LogP contribution in [-0.2, 0) is 25.6 Å². The third-order valence-corrected chi connectivity index (χ3v) is 4.03. The van der Waals surface area contributed by atoms with Crippen molar-refractivity contribution in [2.45, 2.75) is 58.5 Å². The number of anilines is 1. The fraction of sp³-hybridized carbons (Fsp3) is 0.611. The largest absolute Gasteiger partial charge is 0.381 e. The van der Waals surface area contributed by atoms with Crippen LogP contribution in [0.5, 0.6) is 0 Å². The average Bonchev–Trinajstić information content (AvgIpc) is 2.56. The molecule has 2 atom stereocenters. The van der Waals surface area contributed by atoms with Gasteiger partial charge in [-0.3, -0.25) is 4.79 Å². The molecule has 1 aromatic carbocycles. The molecular weight excluding hydrogens is 294 g/mol. The van der Waals surface area contributed by atoms with Crippen molar-refractivity contribution in [1.29, 1.82) is 0 Å². The van der Waals surface area contributed by atoms with Crippen LogP contribution in [0.4, 0.5) is 5.69 Å². The second-order valence-corrected chi connectivity index (χ2v) is 6.06. The third kappa shape index (κ3) is 5.94. The number of amides is 1. The first-order valence-corrected chi connectivity index (χ1v) is 8.24. The van der Waals surface area contributed by atoms with Crippen LogP contribution in [0, 0.1) is 6.92 Å². The minimum atomic E-state index is -0.106. The minimum Gasteiger partial charge on any atom is -0.381 e. The number of ether oxygens (including phenoxy) is 3. The van der Waals surface area contributed by atoms with Crippen molar-refractivity contribution >= 4 is 11.6 Å². The highest BCUT2D eigenvalue weighted by Gasteiger charge is 2.14. The molecule has 23 heavy (non-hydrogen) atoms. The van der Waals surface area contributed by atoms with Crippen LogP contribution >= 0.6 is 0 Å². The second-order valence-electron chi connectivity index (χ2n) is 6.06. The molecule has 1 heterocycles. The molecule has 0 saturated carbocycles. The quantitative estimate of drug-likeness (QED) is 0.836. The lowest BCUT2D eigenvalue weighted by atomic mass is 10.1. The third-order valence-electron chi connectivity index (χ3n) is 4.03. The number of aryl methyl sites for hydroxylation is 1. The molecule has 5 nitrogen and oxygen atoms in total. The number of hydrogen-bond acceptors (Lipinski definition) is 4. The van der Waals surface area contributed by atoms with Gasteiger partial charge in [0.2, 0.25) is 5.91 Å². The van der Waals surface area contributed by atoms with Crippen molar-refractivity contribution < 1.29 is 19.0 Å². The fourth-order valence-electron chi connectivity index (χ4n) is 2.47. The normalized spacial score (nSPS) is 19.3. The van der Waals surface area contributed by atoms with E-state index in [0.717, 1.165) is 42.7 Å². The van der Waals surface area contributed by atoms with Crippen LogP contribution in [0.1, 0.15) is 43.7 Å². The maximum atomic E-state index is 12.0. The van der Waals surface area contributed by atoms with Crippen LogP contribution < -0.4 is 5.32 Å². The Balaban J connectivity index is 1.91. The van der Waals surface area contributed by atoms with E-state index in [2.05, 4.69) is 5.32 Å².